The number of halogens is 7. The molecule has 0 radical (unpaired) electrons. The van der Waals surface area contributed by atoms with Crippen LogP contribution in [-0.4, -0.2) is 19.6 Å². The first kappa shape index (κ1) is 15.2. The monoisotopic (exact) mass is 294 g/mol. The standard InChI is InChI=1S/C9H5F7O3/c10-7(11)17-4-1-5(18-8(12)13)3-6(2-4)19-9(14,15)16/h1-3,7-8H. The SMILES string of the molecule is FC(F)Oc1cc(OC(F)F)cc(OC(F)(F)F)c1. The quantitative estimate of drug-likeness (QED) is 0.773. The fourth-order valence-electron chi connectivity index (χ4n) is 1.08. The molecule has 0 saturated carbocycles. The topological polar surface area (TPSA) is 27.7 Å². The number of alkyl halides is 7. The minimum absolute atomic E-state index is 0.456. The number of benzene rings is 1. The Morgan fingerprint density at radius 2 is 1.11 bits per heavy atom. The lowest BCUT2D eigenvalue weighted by atomic mass is 10.3. The van der Waals surface area contributed by atoms with Crippen LogP contribution in [0.4, 0.5) is 30.7 Å². The summed E-state index contributed by atoms with van der Waals surface area (Å²) in [6.07, 6.45) is -5.12. The smallest absolute Gasteiger partial charge is 0.435 e. The highest BCUT2D eigenvalue weighted by Gasteiger charge is 2.31. The first-order valence-corrected chi connectivity index (χ1v) is 4.46. The Labute approximate surface area is 101 Å². The number of hydrogen-bond acceptors (Lipinski definition) is 3. The minimum atomic E-state index is -5.12. The Morgan fingerprint density at radius 1 is 0.737 bits per heavy atom. The zero-order valence-electron chi connectivity index (χ0n) is 8.76. The second-order valence-corrected chi connectivity index (χ2v) is 2.94. The average molecular weight is 294 g/mol. The molecule has 0 bridgehead atoms. The summed E-state index contributed by atoms with van der Waals surface area (Å²) >= 11 is 0. The third-order valence-corrected chi connectivity index (χ3v) is 1.54. The molecule has 0 N–H and O–H groups in total. The summed E-state index contributed by atoms with van der Waals surface area (Å²) in [5.41, 5.74) is 0. The van der Waals surface area contributed by atoms with Gasteiger partial charge in [0.15, 0.2) is 0 Å². The van der Waals surface area contributed by atoms with Gasteiger partial charge in [0.05, 0.1) is 0 Å². The number of hydrogen-bond donors (Lipinski definition) is 0. The maximum absolute atomic E-state index is 11.9. The van der Waals surface area contributed by atoms with E-state index in [4.69, 9.17) is 0 Å². The fourth-order valence-corrected chi connectivity index (χ4v) is 1.08. The molecule has 0 spiro atoms. The van der Waals surface area contributed by atoms with Gasteiger partial charge < -0.3 is 14.2 Å². The van der Waals surface area contributed by atoms with Crippen molar-refractivity contribution in [3.05, 3.63) is 18.2 Å². The largest absolute Gasteiger partial charge is 0.573 e. The highest BCUT2D eigenvalue weighted by molar-refractivity contribution is 5.42. The van der Waals surface area contributed by atoms with Gasteiger partial charge in [-0.25, -0.2) is 0 Å². The summed E-state index contributed by atoms with van der Waals surface area (Å²) in [5.74, 6) is -2.65. The van der Waals surface area contributed by atoms with Crippen LogP contribution in [0.2, 0.25) is 0 Å². The zero-order chi connectivity index (χ0) is 14.6. The van der Waals surface area contributed by atoms with Gasteiger partial charge in [-0.05, 0) is 0 Å². The molecule has 19 heavy (non-hydrogen) atoms. The van der Waals surface area contributed by atoms with Crippen molar-refractivity contribution in [2.24, 2.45) is 0 Å². The highest BCUT2D eigenvalue weighted by Crippen LogP contribution is 2.32. The summed E-state index contributed by atoms with van der Waals surface area (Å²) in [5, 5.41) is 0. The van der Waals surface area contributed by atoms with Gasteiger partial charge in [-0.15, -0.1) is 13.2 Å². The molecule has 0 atom stereocenters. The molecule has 1 rings (SSSR count). The third kappa shape index (κ3) is 6.02. The van der Waals surface area contributed by atoms with E-state index < -0.39 is 36.8 Å². The molecule has 0 saturated heterocycles. The molecule has 1 aromatic carbocycles. The Bertz CT molecular complexity index is 391. The van der Waals surface area contributed by atoms with Crippen LogP contribution in [0.25, 0.3) is 0 Å². The molecule has 108 valence electrons. The van der Waals surface area contributed by atoms with Gasteiger partial charge in [0.25, 0.3) is 0 Å². The molecule has 0 aromatic heterocycles. The van der Waals surface area contributed by atoms with Crippen molar-refractivity contribution in [1.82, 2.24) is 0 Å². The molecule has 0 heterocycles. The average Bonchev–Trinajstić information content (AvgIpc) is 2.10. The van der Waals surface area contributed by atoms with Crippen LogP contribution >= 0.6 is 0 Å². The van der Waals surface area contributed by atoms with E-state index in [0.717, 1.165) is 0 Å². The van der Waals surface area contributed by atoms with E-state index in [-0.39, 0.29) is 0 Å². The van der Waals surface area contributed by atoms with Crippen LogP contribution in [0, 0.1) is 0 Å². The Morgan fingerprint density at radius 3 is 1.42 bits per heavy atom. The Hall–Kier alpha value is -1.87. The van der Waals surface area contributed by atoms with Crippen molar-refractivity contribution in [3.63, 3.8) is 0 Å². The van der Waals surface area contributed by atoms with Crippen molar-refractivity contribution >= 4 is 0 Å². The van der Waals surface area contributed by atoms with Gasteiger partial charge >= 0.3 is 19.6 Å². The lowest BCUT2D eigenvalue weighted by molar-refractivity contribution is -0.274. The zero-order valence-corrected chi connectivity index (χ0v) is 8.76. The summed E-state index contributed by atoms with van der Waals surface area (Å²) in [6, 6.07) is 1.48. The van der Waals surface area contributed by atoms with E-state index in [1.165, 1.54) is 0 Å². The molecular weight excluding hydrogens is 289 g/mol. The van der Waals surface area contributed by atoms with Crippen LogP contribution in [0.3, 0.4) is 0 Å². The van der Waals surface area contributed by atoms with Gasteiger partial charge in [0.2, 0.25) is 0 Å². The van der Waals surface area contributed by atoms with E-state index >= 15 is 0 Å². The molecule has 1 aromatic rings. The van der Waals surface area contributed by atoms with Crippen molar-refractivity contribution < 1.29 is 44.9 Å². The maximum Gasteiger partial charge on any atom is 0.573 e. The summed E-state index contributed by atoms with van der Waals surface area (Å²) in [7, 11) is 0. The van der Waals surface area contributed by atoms with Crippen molar-refractivity contribution in [3.8, 4) is 17.2 Å². The normalized spacial score (nSPS) is 11.8. The van der Waals surface area contributed by atoms with Gasteiger partial charge in [0.1, 0.15) is 17.2 Å². The minimum Gasteiger partial charge on any atom is -0.435 e. The van der Waals surface area contributed by atoms with Crippen LogP contribution < -0.4 is 14.2 Å². The van der Waals surface area contributed by atoms with E-state index in [2.05, 4.69) is 14.2 Å². The molecule has 10 heteroatoms. The van der Waals surface area contributed by atoms with Crippen LogP contribution in [-0.2, 0) is 0 Å². The number of rotatable bonds is 5. The van der Waals surface area contributed by atoms with Crippen LogP contribution in [0.5, 0.6) is 17.2 Å². The predicted molar refractivity (Wildman–Crippen MR) is 46.4 cm³/mol. The number of ether oxygens (including phenoxy) is 3. The second kappa shape index (κ2) is 5.85. The molecule has 0 aliphatic rings. The summed E-state index contributed by atoms with van der Waals surface area (Å²) in [4.78, 5) is 0. The molecule has 0 fully saturated rings. The fraction of sp³-hybridized carbons (Fsp3) is 0.333. The van der Waals surface area contributed by atoms with Crippen molar-refractivity contribution in [1.29, 1.82) is 0 Å². The lowest BCUT2D eigenvalue weighted by Gasteiger charge is -2.13. The van der Waals surface area contributed by atoms with Crippen LogP contribution in [0.15, 0.2) is 18.2 Å². The highest BCUT2D eigenvalue weighted by atomic mass is 19.4. The molecule has 0 amide bonds. The second-order valence-electron chi connectivity index (χ2n) is 2.94. The molecule has 0 unspecified atom stereocenters. The molecule has 0 aliphatic carbocycles. The van der Waals surface area contributed by atoms with Gasteiger partial charge in [-0.1, -0.05) is 0 Å². The third-order valence-electron chi connectivity index (χ3n) is 1.54. The maximum atomic E-state index is 11.9. The van der Waals surface area contributed by atoms with Gasteiger partial charge in [-0.3, -0.25) is 0 Å². The lowest BCUT2D eigenvalue weighted by Crippen LogP contribution is -2.17. The predicted octanol–water partition coefficient (Wildman–Crippen LogP) is 3.79. The first-order valence-electron chi connectivity index (χ1n) is 4.46. The molecular formula is C9H5F7O3. The first-order chi connectivity index (χ1) is 8.65. The summed E-state index contributed by atoms with van der Waals surface area (Å²) in [6.45, 7) is -6.69. The van der Waals surface area contributed by atoms with Crippen molar-refractivity contribution in [2.45, 2.75) is 19.6 Å². The van der Waals surface area contributed by atoms with E-state index in [0.29, 0.717) is 18.2 Å². The van der Waals surface area contributed by atoms with E-state index in [1.807, 2.05) is 0 Å². The van der Waals surface area contributed by atoms with E-state index in [1.54, 1.807) is 0 Å². The Balaban J connectivity index is 3.01. The van der Waals surface area contributed by atoms with Crippen molar-refractivity contribution in [2.75, 3.05) is 0 Å². The Kier molecular flexibility index (Phi) is 4.67. The molecule has 3 nitrogen and oxygen atoms in total. The van der Waals surface area contributed by atoms with Crippen LogP contribution in [0.1, 0.15) is 0 Å². The molecule has 0 aliphatic heterocycles. The van der Waals surface area contributed by atoms with Gasteiger partial charge in [0, 0.05) is 18.2 Å². The summed E-state index contributed by atoms with van der Waals surface area (Å²) < 4.78 is 94.4. The van der Waals surface area contributed by atoms with Gasteiger partial charge in [-0.2, -0.15) is 17.6 Å². The van der Waals surface area contributed by atoms with E-state index in [9.17, 15) is 30.7 Å².